The first-order valence-electron chi connectivity index (χ1n) is 41.2. The summed E-state index contributed by atoms with van der Waals surface area (Å²) in [6.07, 6.45) is 8.02. The van der Waals surface area contributed by atoms with Gasteiger partial charge in [-0.3, -0.25) is 29.8 Å². The number of nitrogens with zero attached hydrogens (tertiary/aromatic N) is 2. The Morgan fingerprint density at radius 1 is 0.508 bits per heavy atom. The molecular formula is C90H122N2O26S2. The van der Waals surface area contributed by atoms with Crippen LogP contribution in [0, 0.1) is 54.7 Å². The van der Waals surface area contributed by atoms with Crippen LogP contribution in [0.4, 0.5) is 11.4 Å². The number of ether oxygens (including phenoxy) is 12. The Morgan fingerprint density at radius 2 is 0.883 bits per heavy atom. The Labute approximate surface area is 711 Å². The maximum atomic E-state index is 13.6. The molecule has 6 aliphatic heterocycles. The van der Waals surface area contributed by atoms with Crippen LogP contribution in [-0.4, -0.2) is 199 Å². The summed E-state index contributed by atoms with van der Waals surface area (Å²) in [7, 11) is 3.31. The number of nitro benzene ring substituents is 2. The maximum Gasteiger partial charge on any atom is 0.338 e. The van der Waals surface area contributed by atoms with Crippen molar-refractivity contribution in [2.75, 3.05) is 40.6 Å². The van der Waals surface area contributed by atoms with Gasteiger partial charge in [-0.1, -0.05) is 101 Å². The van der Waals surface area contributed by atoms with Crippen molar-refractivity contribution in [2.24, 2.45) is 34.5 Å². The molecule has 0 saturated carbocycles. The van der Waals surface area contributed by atoms with E-state index in [4.69, 9.17) is 73.7 Å². The van der Waals surface area contributed by atoms with Crippen LogP contribution in [-0.2, 0) is 102 Å². The van der Waals surface area contributed by atoms with Crippen LogP contribution >= 0.6 is 0 Å². The fourth-order valence-corrected chi connectivity index (χ4v) is 16.4. The molecule has 120 heavy (non-hydrogen) atoms. The Kier molecular flexibility index (Phi) is 40.0. The third-order valence-electron chi connectivity index (χ3n) is 23.0. The highest BCUT2D eigenvalue weighted by Gasteiger charge is 2.50. The van der Waals surface area contributed by atoms with Crippen LogP contribution in [0.3, 0.4) is 0 Å². The van der Waals surface area contributed by atoms with Crippen molar-refractivity contribution in [3.05, 3.63) is 200 Å². The predicted octanol–water partition coefficient (Wildman–Crippen LogP) is 14.2. The molecule has 6 fully saturated rings. The van der Waals surface area contributed by atoms with E-state index >= 15 is 0 Å². The first-order chi connectivity index (χ1) is 57.1. The summed E-state index contributed by atoms with van der Waals surface area (Å²) >= 11 is -1.50. The molecular weight excluding hydrogens is 1590 g/mol. The lowest BCUT2D eigenvalue weighted by molar-refractivity contribution is -0.385. The molecule has 6 aliphatic rings. The quantitative estimate of drug-likeness (QED) is 0.0107. The van der Waals surface area contributed by atoms with E-state index in [1.165, 1.54) is 54.1 Å². The average Bonchev–Trinajstić information content (AvgIpc) is 1.63. The van der Waals surface area contributed by atoms with Gasteiger partial charge in [0.05, 0.1) is 143 Å². The van der Waals surface area contributed by atoms with Gasteiger partial charge in [0, 0.05) is 76.0 Å². The van der Waals surface area contributed by atoms with Gasteiger partial charge in [-0.15, -0.1) is 0 Å². The number of hydrogen-bond acceptors (Lipinski definition) is 26. The lowest BCUT2D eigenvalue weighted by atomic mass is 9.81. The van der Waals surface area contributed by atoms with E-state index in [9.17, 15) is 49.6 Å². The van der Waals surface area contributed by atoms with Crippen LogP contribution in [0.25, 0.3) is 0 Å². The largest absolute Gasteiger partial charge is 0.465 e. The van der Waals surface area contributed by atoms with Gasteiger partial charge in [0.2, 0.25) is 0 Å². The van der Waals surface area contributed by atoms with Crippen LogP contribution in [0.2, 0.25) is 0 Å². The molecule has 0 amide bonds. The van der Waals surface area contributed by atoms with Crippen molar-refractivity contribution in [1.82, 2.24) is 0 Å². The van der Waals surface area contributed by atoms with Gasteiger partial charge in [0.15, 0.2) is 0 Å². The van der Waals surface area contributed by atoms with Crippen LogP contribution in [0.15, 0.2) is 158 Å². The zero-order valence-electron chi connectivity index (χ0n) is 70.7. The number of aliphatic hydroxyl groups excluding tert-OH is 2. The third-order valence-corrected chi connectivity index (χ3v) is 23.0. The number of non-ortho nitro benzene ring substituents is 2. The Bertz CT molecular complexity index is 4060. The van der Waals surface area contributed by atoms with Crippen molar-refractivity contribution in [3.8, 4) is 0 Å². The minimum atomic E-state index is -1.07. The minimum Gasteiger partial charge on any atom is -0.465 e. The predicted molar refractivity (Wildman–Crippen MR) is 447 cm³/mol. The van der Waals surface area contributed by atoms with E-state index in [0.717, 1.165) is 105 Å². The number of hydrogen-bond donors (Lipinski definition) is 2. The molecule has 0 aliphatic carbocycles. The Balaban J connectivity index is 0.000000331. The minimum absolute atomic E-state index is 0.0131. The van der Waals surface area contributed by atoms with Crippen LogP contribution < -0.4 is 0 Å². The standard InChI is InChI=1S/C52H64N2O14.C38H58O8.2O2S/c1-32-26-41(23-24-44-33(2)27-40(65-44)14-11-25-63-51(57)52(4,5)6)66-45(34(32)3)30-46-43(28-35-12-9-8-10-13-35)48(62-7)47(68-46)29-42(67-50(56)37-17-21-39(22-18-37)54(60)61)31-64-49(55)36-15-19-38(20-16-36)53(58)59;1-24-18-30(15-16-32-25(2)19-29(44-32)14-11-17-43-37(41)38(4,5)6)45-33(26(24)3)22-34-31(20-27-12-9-8-10-13-27)36(42-7)35(46-34)21-28(40)23-39;2*1-3-2/h8-10,12-13,15-22,32,40-48H,2-3,11,14,23-31H2,1,4-7H3;8-10,12-13,24,28-36,39-40H,2-3,11,14-23H2,1,4-7H3;;/t32-,40+,41+,42+,43+,44?,45?,46+,47-,48-;24-,28+,29+,30+,31+,32?,33?,34+,35-,36-;;/m11../s1. The number of benzene rings is 4. The highest BCUT2D eigenvalue weighted by atomic mass is 32.1. The van der Waals surface area contributed by atoms with Gasteiger partial charge < -0.3 is 67.1 Å². The summed E-state index contributed by atoms with van der Waals surface area (Å²) in [5, 5.41) is 42.3. The normalized spacial score (nSPS) is 27.1. The van der Waals surface area contributed by atoms with Crippen LogP contribution in [0.5, 0.6) is 0 Å². The SMILES string of the molecule is C=C1C[C@H](CCCOC(=O)C(C)(C)C)OC1CC[C@H]1C[C@@H](C)C(=C)C(C[C@@H]2O[C@H](C[C@@H](COC(=O)c3ccc([N+](=O)[O-])cc3)OC(=O)c3ccc([N+](=O)[O-])cc3)[C@H](OC)[C@H]2Cc2ccccc2)O1.C=C1C[C@H](CCCOC(=O)C(C)(C)C)OC1CC[C@H]1C[C@@H](C)C(=C)C(C[C@@H]2O[C@H](C[C@H](O)CO)[C@H](OC)[C@H]2Cc2ccccc2)O1.O=S=O.O=S=O. The van der Waals surface area contributed by atoms with Crippen molar-refractivity contribution in [2.45, 2.75) is 269 Å². The van der Waals surface area contributed by atoms with E-state index in [2.05, 4.69) is 52.3 Å². The molecule has 2 N–H and O–H groups in total. The molecule has 4 unspecified atom stereocenters. The highest BCUT2D eigenvalue weighted by molar-refractivity contribution is 7.52. The molecule has 0 radical (unpaired) electrons. The van der Waals surface area contributed by atoms with Crippen molar-refractivity contribution < 1.29 is 113 Å². The average molecular weight is 1710 g/mol. The molecule has 660 valence electrons. The second kappa shape index (κ2) is 48.6. The Hall–Kier alpha value is -8.24. The first-order valence-corrected chi connectivity index (χ1v) is 42.6. The van der Waals surface area contributed by atoms with Gasteiger partial charge in [-0.05, 0) is 201 Å². The highest BCUT2D eigenvalue weighted by Crippen LogP contribution is 2.45. The van der Waals surface area contributed by atoms with E-state index in [1.54, 1.807) is 14.2 Å². The van der Waals surface area contributed by atoms with Crippen LogP contribution in [0.1, 0.15) is 190 Å². The topological polar surface area (TPSA) is 374 Å². The molecule has 4 aromatic carbocycles. The number of rotatable bonds is 36. The second-order valence-corrected chi connectivity index (χ2v) is 34.3. The molecule has 10 rings (SSSR count). The lowest BCUT2D eigenvalue weighted by Gasteiger charge is -2.38. The monoisotopic (exact) mass is 1710 g/mol. The lowest BCUT2D eigenvalue weighted by Crippen LogP contribution is -2.39. The molecule has 30 heteroatoms. The summed E-state index contributed by atoms with van der Waals surface area (Å²) in [5.74, 6) is -1.59. The van der Waals surface area contributed by atoms with Crippen molar-refractivity contribution in [3.63, 3.8) is 0 Å². The third kappa shape index (κ3) is 30.4. The Morgan fingerprint density at radius 3 is 1.25 bits per heavy atom. The number of methoxy groups -OCH3 is 2. The van der Waals surface area contributed by atoms with Gasteiger partial charge in [-0.25, -0.2) is 9.59 Å². The van der Waals surface area contributed by atoms with Gasteiger partial charge >= 0.3 is 47.0 Å². The molecule has 6 heterocycles. The number of carbonyl (C=O) groups excluding carboxylic acids is 4. The molecule has 20 atom stereocenters. The summed E-state index contributed by atoms with van der Waals surface area (Å²) in [6, 6.07) is 30.2. The number of esters is 4. The van der Waals surface area contributed by atoms with E-state index in [0.29, 0.717) is 51.2 Å². The fraction of sp³-hybridized carbons (Fsp3) is 0.600. The summed E-state index contributed by atoms with van der Waals surface area (Å²) in [4.78, 5) is 72.3. The number of aliphatic hydroxyl groups is 2. The molecule has 28 nitrogen and oxygen atoms in total. The molecule has 0 spiro atoms. The molecule has 0 aromatic heterocycles. The molecule has 4 aromatic rings. The van der Waals surface area contributed by atoms with Crippen molar-refractivity contribution in [1.29, 1.82) is 0 Å². The fourth-order valence-electron chi connectivity index (χ4n) is 16.4. The summed E-state index contributed by atoms with van der Waals surface area (Å²) in [5.41, 5.74) is 5.23. The number of carbonyl (C=O) groups is 4. The van der Waals surface area contributed by atoms with E-state index in [1.807, 2.05) is 90.1 Å². The van der Waals surface area contributed by atoms with Gasteiger partial charge in [0.1, 0.15) is 12.7 Å². The zero-order valence-corrected chi connectivity index (χ0v) is 72.4. The van der Waals surface area contributed by atoms with E-state index in [-0.39, 0.29) is 132 Å². The van der Waals surface area contributed by atoms with Gasteiger partial charge in [0.25, 0.3) is 11.4 Å². The first kappa shape index (κ1) is 98.9. The van der Waals surface area contributed by atoms with E-state index < -0.39 is 92.9 Å². The zero-order chi connectivity index (χ0) is 88.0. The smallest absolute Gasteiger partial charge is 0.338 e. The van der Waals surface area contributed by atoms with Gasteiger partial charge in [-0.2, -0.15) is 16.8 Å². The second-order valence-electron chi connectivity index (χ2n) is 34.0. The summed E-state index contributed by atoms with van der Waals surface area (Å²) in [6.45, 7) is 33.1. The maximum absolute atomic E-state index is 13.6. The molecule has 0 bridgehead atoms. The molecule has 6 saturated heterocycles. The number of nitro groups is 2. The summed E-state index contributed by atoms with van der Waals surface area (Å²) < 4.78 is 108. The van der Waals surface area contributed by atoms with Crippen molar-refractivity contribution >= 4 is 58.4 Å².